The lowest BCUT2D eigenvalue weighted by molar-refractivity contribution is 0.281. The molecule has 1 aromatic carbocycles. The molecular formula is C15H20N4O2. The first-order valence-corrected chi connectivity index (χ1v) is 6.98. The van der Waals surface area contributed by atoms with Gasteiger partial charge in [0.1, 0.15) is 18.7 Å². The van der Waals surface area contributed by atoms with E-state index >= 15 is 0 Å². The molecule has 0 unspecified atom stereocenters. The van der Waals surface area contributed by atoms with Crippen LogP contribution in [0.2, 0.25) is 0 Å². The van der Waals surface area contributed by atoms with E-state index < -0.39 is 0 Å². The summed E-state index contributed by atoms with van der Waals surface area (Å²) in [4.78, 5) is 4.21. The van der Waals surface area contributed by atoms with Crippen molar-refractivity contribution in [2.45, 2.75) is 39.8 Å². The van der Waals surface area contributed by atoms with Crippen LogP contribution in [0, 0.1) is 0 Å². The van der Waals surface area contributed by atoms with Gasteiger partial charge in [-0.3, -0.25) is 0 Å². The predicted molar refractivity (Wildman–Crippen MR) is 79.8 cm³/mol. The molecule has 0 saturated heterocycles. The molecule has 0 aliphatic carbocycles. The fourth-order valence-corrected chi connectivity index (χ4v) is 2.10. The smallest absolute Gasteiger partial charge is 0.165 e. The third-order valence-electron chi connectivity index (χ3n) is 3.15. The molecule has 1 heterocycles. The molecule has 0 aliphatic heterocycles. The standard InChI is InChI=1S/C15H20N4O2/c1-4-13(18-20)12-7-5-6-8-14(12)21-9-15-16-10-17-19(15)11(2)3/h5-8,10-11,20H,4,9H2,1-3H3. The van der Waals surface area contributed by atoms with Gasteiger partial charge in [-0.05, 0) is 32.4 Å². The van der Waals surface area contributed by atoms with Gasteiger partial charge in [0.25, 0.3) is 0 Å². The molecular weight excluding hydrogens is 268 g/mol. The van der Waals surface area contributed by atoms with E-state index in [1.807, 2.05) is 49.7 Å². The summed E-state index contributed by atoms with van der Waals surface area (Å²) >= 11 is 0. The van der Waals surface area contributed by atoms with Crippen LogP contribution in [0.4, 0.5) is 0 Å². The minimum atomic E-state index is 0.228. The number of hydrogen-bond donors (Lipinski definition) is 1. The van der Waals surface area contributed by atoms with Crippen molar-refractivity contribution in [2.24, 2.45) is 5.16 Å². The van der Waals surface area contributed by atoms with Crippen LogP contribution in [-0.2, 0) is 6.61 Å². The molecule has 1 aromatic heterocycles. The highest BCUT2D eigenvalue weighted by atomic mass is 16.5. The molecule has 0 atom stereocenters. The molecule has 0 radical (unpaired) electrons. The lowest BCUT2D eigenvalue weighted by Gasteiger charge is -2.13. The number of para-hydroxylation sites is 1. The Labute approximate surface area is 124 Å². The van der Waals surface area contributed by atoms with Gasteiger partial charge in [0.15, 0.2) is 5.82 Å². The summed E-state index contributed by atoms with van der Waals surface area (Å²) in [5.74, 6) is 1.43. The van der Waals surface area contributed by atoms with Gasteiger partial charge >= 0.3 is 0 Å². The summed E-state index contributed by atoms with van der Waals surface area (Å²) in [6.45, 7) is 6.33. The number of ether oxygens (including phenoxy) is 1. The number of rotatable bonds is 6. The maximum Gasteiger partial charge on any atom is 0.165 e. The topological polar surface area (TPSA) is 72.5 Å². The summed E-state index contributed by atoms with van der Waals surface area (Å²) in [7, 11) is 0. The van der Waals surface area contributed by atoms with Crippen LogP contribution < -0.4 is 4.74 Å². The van der Waals surface area contributed by atoms with E-state index in [1.165, 1.54) is 6.33 Å². The van der Waals surface area contributed by atoms with Crippen molar-refractivity contribution < 1.29 is 9.94 Å². The Morgan fingerprint density at radius 2 is 2.14 bits per heavy atom. The Bertz CT molecular complexity index is 620. The van der Waals surface area contributed by atoms with Crippen LogP contribution >= 0.6 is 0 Å². The lowest BCUT2D eigenvalue weighted by atomic mass is 10.1. The van der Waals surface area contributed by atoms with Crippen molar-refractivity contribution >= 4 is 5.71 Å². The monoisotopic (exact) mass is 288 g/mol. The molecule has 0 spiro atoms. The van der Waals surface area contributed by atoms with Gasteiger partial charge in [0.2, 0.25) is 0 Å². The fraction of sp³-hybridized carbons (Fsp3) is 0.400. The lowest BCUT2D eigenvalue weighted by Crippen LogP contribution is -2.12. The van der Waals surface area contributed by atoms with E-state index in [4.69, 9.17) is 9.94 Å². The van der Waals surface area contributed by atoms with Gasteiger partial charge in [-0.1, -0.05) is 24.2 Å². The minimum absolute atomic E-state index is 0.228. The van der Waals surface area contributed by atoms with E-state index in [9.17, 15) is 0 Å². The van der Waals surface area contributed by atoms with Crippen LogP contribution in [0.15, 0.2) is 35.7 Å². The average Bonchev–Trinajstić information content (AvgIpc) is 2.96. The van der Waals surface area contributed by atoms with Gasteiger partial charge in [0.05, 0.1) is 5.71 Å². The molecule has 6 nitrogen and oxygen atoms in total. The largest absolute Gasteiger partial charge is 0.485 e. The second-order valence-electron chi connectivity index (χ2n) is 4.90. The fourth-order valence-electron chi connectivity index (χ4n) is 2.10. The van der Waals surface area contributed by atoms with Crippen LogP contribution in [0.5, 0.6) is 5.75 Å². The second-order valence-corrected chi connectivity index (χ2v) is 4.90. The number of aromatic nitrogens is 3. The van der Waals surface area contributed by atoms with E-state index in [-0.39, 0.29) is 6.04 Å². The van der Waals surface area contributed by atoms with Crippen molar-refractivity contribution in [3.05, 3.63) is 42.0 Å². The molecule has 2 aromatic rings. The molecule has 1 N–H and O–H groups in total. The maximum atomic E-state index is 9.08. The molecule has 0 aliphatic rings. The van der Waals surface area contributed by atoms with E-state index in [1.54, 1.807) is 0 Å². The summed E-state index contributed by atoms with van der Waals surface area (Å²) in [6.07, 6.45) is 2.15. The maximum absolute atomic E-state index is 9.08. The SMILES string of the molecule is CCC(=NO)c1ccccc1OCc1ncnn1C(C)C. The summed E-state index contributed by atoms with van der Waals surface area (Å²) in [6, 6.07) is 7.73. The van der Waals surface area contributed by atoms with Crippen molar-refractivity contribution in [1.82, 2.24) is 14.8 Å². The van der Waals surface area contributed by atoms with Gasteiger partial charge < -0.3 is 9.94 Å². The Hall–Kier alpha value is -2.37. The second kappa shape index (κ2) is 6.88. The zero-order valence-corrected chi connectivity index (χ0v) is 12.5. The summed E-state index contributed by atoms with van der Waals surface area (Å²) < 4.78 is 7.66. The number of benzene rings is 1. The van der Waals surface area contributed by atoms with Crippen molar-refractivity contribution in [3.8, 4) is 5.75 Å². The van der Waals surface area contributed by atoms with E-state index in [2.05, 4.69) is 15.2 Å². The zero-order chi connectivity index (χ0) is 15.2. The molecule has 0 amide bonds. The normalized spacial score (nSPS) is 11.9. The summed E-state index contributed by atoms with van der Waals surface area (Å²) in [5.41, 5.74) is 1.38. The highest BCUT2D eigenvalue weighted by Gasteiger charge is 2.12. The molecule has 2 rings (SSSR count). The van der Waals surface area contributed by atoms with Gasteiger partial charge in [0, 0.05) is 11.6 Å². The number of hydrogen-bond acceptors (Lipinski definition) is 5. The third-order valence-corrected chi connectivity index (χ3v) is 3.15. The highest BCUT2D eigenvalue weighted by molar-refractivity contribution is 6.02. The van der Waals surface area contributed by atoms with Crippen LogP contribution in [0.3, 0.4) is 0 Å². The Morgan fingerprint density at radius 1 is 1.38 bits per heavy atom. The first-order chi connectivity index (χ1) is 10.2. The molecule has 0 saturated carbocycles. The first-order valence-electron chi connectivity index (χ1n) is 6.98. The van der Waals surface area contributed by atoms with Crippen molar-refractivity contribution in [2.75, 3.05) is 0 Å². The zero-order valence-electron chi connectivity index (χ0n) is 12.5. The van der Waals surface area contributed by atoms with Gasteiger partial charge in [-0.2, -0.15) is 5.10 Å². The molecule has 0 bridgehead atoms. The predicted octanol–water partition coefficient (Wildman–Crippen LogP) is 3.03. The van der Waals surface area contributed by atoms with E-state index in [0.717, 1.165) is 11.4 Å². The number of oxime groups is 1. The van der Waals surface area contributed by atoms with Crippen molar-refractivity contribution in [3.63, 3.8) is 0 Å². The molecule has 112 valence electrons. The quantitative estimate of drug-likeness (QED) is 0.504. The van der Waals surface area contributed by atoms with Crippen LogP contribution in [0.25, 0.3) is 0 Å². The Morgan fingerprint density at radius 3 is 2.81 bits per heavy atom. The summed E-state index contributed by atoms with van der Waals surface area (Å²) in [5, 5.41) is 16.6. The van der Waals surface area contributed by atoms with Crippen LogP contribution in [0.1, 0.15) is 44.6 Å². The average molecular weight is 288 g/mol. The minimum Gasteiger partial charge on any atom is -0.485 e. The first kappa shape index (κ1) is 15.0. The van der Waals surface area contributed by atoms with Gasteiger partial charge in [-0.25, -0.2) is 9.67 Å². The number of nitrogens with zero attached hydrogens (tertiary/aromatic N) is 4. The molecule has 0 fully saturated rings. The highest BCUT2D eigenvalue weighted by Crippen LogP contribution is 2.21. The van der Waals surface area contributed by atoms with Crippen LogP contribution in [-0.4, -0.2) is 25.7 Å². The third kappa shape index (κ3) is 3.39. The molecule has 21 heavy (non-hydrogen) atoms. The molecule has 6 heteroatoms. The van der Waals surface area contributed by atoms with E-state index in [0.29, 0.717) is 24.5 Å². The Balaban J connectivity index is 2.19. The Kier molecular flexibility index (Phi) is 4.92. The van der Waals surface area contributed by atoms with Crippen molar-refractivity contribution in [1.29, 1.82) is 0 Å². The van der Waals surface area contributed by atoms with Gasteiger partial charge in [-0.15, -0.1) is 0 Å².